The molecular weight excluding hydrogens is 275 g/mol. The lowest BCUT2D eigenvalue weighted by atomic mass is 9.83. The van der Waals surface area contributed by atoms with Gasteiger partial charge in [-0.05, 0) is 56.7 Å². The van der Waals surface area contributed by atoms with Crippen LogP contribution in [0.5, 0.6) is 0 Å². The van der Waals surface area contributed by atoms with Gasteiger partial charge >= 0.3 is 0 Å². The SMILES string of the molecule is CN1C2CCC1CC(C(N)Cc1cccc(F)c1Cl)C2. The molecule has 0 radical (unpaired) electrons. The van der Waals surface area contributed by atoms with Gasteiger partial charge in [-0.15, -0.1) is 0 Å². The topological polar surface area (TPSA) is 29.3 Å². The molecular formula is C16H22ClFN2. The van der Waals surface area contributed by atoms with E-state index in [2.05, 4.69) is 11.9 Å². The number of hydrogen-bond acceptors (Lipinski definition) is 2. The Bertz CT molecular complexity index is 479. The molecule has 2 heterocycles. The lowest BCUT2D eigenvalue weighted by Gasteiger charge is -2.38. The van der Waals surface area contributed by atoms with Gasteiger partial charge in [0.1, 0.15) is 5.82 Å². The predicted molar refractivity (Wildman–Crippen MR) is 80.4 cm³/mol. The largest absolute Gasteiger partial charge is 0.327 e. The van der Waals surface area contributed by atoms with Crippen molar-refractivity contribution >= 4 is 11.6 Å². The normalized spacial score (nSPS) is 31.5. The Labute approximate surface area is 125 Å². The van der Waals surface area contributed by atoms with Crippen molar-refractivity contribution < 1.29 is 4.39 Å². The molecule has 110 valence electrons. The van der Waals surface area contributed by atoms with Gasteiger partial charge in [-0.1, -0.05) is 23.7 Å². The summed E-state index contributed by atoms with van der Waals surface area (Å²) < 4.78 is 13.5. The van der Waals surface area contributed by atoms with Crippen LogP contribution in [0.2, 0.25) is 5.02 Å². The molecule has 2 saturated heterocycles. The fourth-order valence-electron chi connectivity index (χ4n) is 3.93. The zero-order valence-electron chi connectivity index (χ0n) is 11.9. The summed E-state index contributed by atoms with van der Waals surface area (Å²) in [4.78, 5) is 2.51. The second-order valence-electron chi connectivity index (χ2n) is 6.36. The standard InChI is InChI=1S/C16H22ClFN2/c1-20-12-5-6-13(20)8-11(7-12)15(19)9-10-3-2-4-14(18)16(10)17/h2-4,11-13,15H,5-9,19H2,1H3. The number of piperidine rings is 1. The molecule has 0 aromatic heterocycles. The smallest absolute Gasteiger partial charge is 0.142 e. The van der Waals surface area contributed by atoms with Crippen LogP contribution < -0.4 is 5.73 Å². The highest BCUT2D eigenvalue weighted by Gasteiger charge is 2.40. The number of rotatable bonds is 3. The van der Waals surface area contributed by atoms with Gasteiger partial charge in [0.15, 0.2) is 0 Å². The third kappa shape index (κ3) is 2.59. The Balaban J connectivity index is 1.68. The fraction of sp³-hybridized carbons (Fsp3) is 0.625. The van der Waals surface area contributed by atoms with Crippen molar-refractivity contribution in [3.8, 4) is 0 Å². The van der Waals surface area contributed by atoms with Crippen LogP contribution in [-0.4, -0.2) is 30.1 Å². The van der Waals surface area contributed by atoms with Crippen molar-refractivity contribution in [3.63, 3.8) is 0 Å². The second kappa shape index (κ2) is 5.63. The Morgan fingerprint density at radius 3 is 2.65 bits per heavy atom. The van der Waals surface area contributed by atoms with E-state index in [0.717, 1.165) is 5.56 Å². The van der Waals surface area contributed by atoms with Gasteiger partial charge in [0.05, 0.1) is 5.02 Å². The molecule has 2 nitrogen and oxygen atoms in total. The van der Waals surface area contributed by atoms with Crippen LogP contribution in [-0.2, 0) is 6.42 Å². The van der Waals surface area contributed by atoms with Crippen LogP contribution in [0.3, 0.4) is 0 Å². The minimum atomic E-state index is -0.347. The summed E-state index contributed by atoms with van der Waals surface area (Å²) in [7, 11) is 2.23. The van der Waals surface area contributed by atoms with E-state index in [4.69, 9.17) is 17.3 Å². The summed E-state index contributed by atoms with van der Waals surface area (Å²) in [6, 6.07) is 6.44. The van der Waals surface area contributed by atoms with E-state index in [1.807, 2.05) is 6.07 Å². The van der Waals surface area contributed by atoms with Crippen molar-refractivity contribution in [1.29, 1.82) is 0 Å². The first-order chi connectivity index (χ1) is 9.56. The second-order valence-corrected chi connectivity index (χ2v) is 6.74. The van der Waals surface area contributed by atoms with Gasteiger partial charge in [-0.25, -0.2) is 4.39 Å². The Morgan fingerprint density at radius 1 is 1.35 bits per heavy atom. The molecule has 3 rings (SSSR count). The van der Waals surface area contributed by atoms with E-state index in [-0.39, 0.29) is 16.9 Å². The van der Waals surface area contributed by atoms with Crippen molar-refractivity contribution in [1.82, 2.24) is 4.90 Å². The fourth-order valence-corrected chi connectivity index (χ4v) is 4.13. The third-order valence-electron chi connectivity index (χ3n) is 5.23. The van der Waals surface area contributed by atoms with Crippen LogP contribution in [0.15, 0.2) is 18.2 Å². The first-order valence-corrected chi connectivity index (χ1v) is 7.84. The highest BCUT2D eigenvalue weighted by Crippen LogP contribution is 2.39. The van der Waals surface area contributed by atoms with Gasteiger partial charge < -0.3 is 10.6 Å². The average molecular weight is 297 g/mol. The minimum absolute atomic E-state index is 0.0751. The highest BCUT2D eigenvalue weighted by atomic mass is 35.5. The summed E-state index contributed by atoms with van der Waals surface area (Å²) in [6.07, 6.45) is 5.60. The lowest BCUT2D eigenvalue weighted by molar-refractivity contribution is 0.120. The molecule has 0 spiro atoms. The molecule has 3 atom stereocenters. The zero-order chi connectivity index (χ0) is 14.3. The van der Waals surface area contributed by atoms with Crippen LogP contribution in [0.25, 0.3) is 0 Å². The minimum Gasteiger partial charge on any atom is -0.327 e. The maximum Gasteiger partial charge on any atom is 0.142 e. The molecule has 4 heteroatoms. The maximum absolute atomic E-state index is 13.5. The number of nitrogens with two attached hydrogens (primary N) is 1. The maximum atomic E-state index is 13.5. The quantitative estimate of drug-likeness (QED) is 0.928. The zero-order valence-corrected chi connectivity index (χ0v) is 12.6. The Morgan fingerprint density at radius 2 is 2.00 bits per heavy atom. The molecule has 1 aromatic rings. The molecule has 2 aliphatic heterocycles. The first-order valence-electron chi connectivity index (χ1n) is 7.46. The predicted octanol–water partition coefficient (Wildman–Crippen LogP) is 3.22. The summed E-state index contributed by atoms with van der Waals surface area (Å²) in [6.45, 7) is 0. The summed E-state index contributed by atoms with van der Waals surface area (Å²) in [5.74, 6) is 0.183. The summed E-state index contributed by atoms with van der Waals surface area (Å²) >= 11 is 6.03. The van der Waals surface area contributed by atoms with E-state index in [1.165, 1.54) is 31.7 Å². The van der Waals surface area contributed by atoms with Gasteiger partial charge in [-0.2, -0.15) is 0 Å². The van der Waals surface area contributed by atoms with E-state index in [1.54, 1.807) is 6.07 Å². The molecule has 2 fully saturated rings. The van der Waals surface area contributed by atoms with E-state index in [0.29, 0.717) is 24.4 Å². The number of fused-ring (bicyclic) bond motifs is 2. The highest BCUT2D eigenvalue weighted by molar-refractivity contribution is 6.31. The van der Waals surface area contributed by atoms with Gasteiger partial charge in [0.25, 0.3) is 0 Å². The van der Waals surface area contributed by atoms with Gasteiger partial charge in [-0.3, -0.25) is 0 Å². The summed E-state index contributed by atoms with van der Waals surface area (Å²) in [5.41, 5.74) is 7.24. The van der Waals surface area contributed by atoms with Crippen LogP contribution in [0.4, 0.5) is 4.39 Å². The van der Waals surface area contributed by atoms with Gasteiger partial charge in [0, 0.05) is 18.1 Å². The Kier molecular flexibility index (Phi) is 4.02. The molecule has 3 unspecified atom stereocenters. The van der Waals surface area contributed by atoms with Crippen molar-refractivity contribution in [2.45, 2.75) is 50.2 Å². The molecule has 0 saturated carbocycles. The first kappa shape index (κ1) is 14.3. The Hall–Kier alpha value is -0.640. The third-order valence-corrected chi connectivity index (χ3v) is 5.65. The number of halogens is 2. The van der Waals surface area contributed by atoms with E-state index < -0.39 is 0 Å². The number of benzene rings is 1. The molecule has 2 aliphatic rings. The molecule has 20 heavy (non-hydrogen) atoms. The molecule has 2 bridgehead atoms. The molecule has 0 amide bonds. The number of nitrogens with zero attached hydrogens (tertiary/aromatic N) is 1. The molecule has 0 aliphatic carbocycles. The van der Waals surface area contributed by atoms with Crippen LogP contribution >= 0.6 is 11.6 Å². The van der Waals surface area contributed by atoms with E-state index >= 15 is 0 Å². The van der Waals surface area contributed by atoms with Crippen LogP contribution in [0, 0.1) is 11.7 Å². The van der Waals surface area contributed by atoms with Crippen molar-refractivity contribution in [2.75, 3.05) is 7.05 Å². The summed E-state index contributed by atoms with van der Waals surface area (Å²) in [5, 5.41) is 0.235. The molecule has 2 N–H and O–H groups in total. The monoisotopic (exact) mass is 296 g/mol. The molecule has 1 aromatic carbocycles. The van der Waals surface area contributed by atoms with Crippen molar-refractivity contribution in [2.24, 2.45) is 11.7 Å². The van der Waals surface area contributed by atoms with E-state index in [9.17, 15) is 4.39 Å². The van der Waals surface area contributed by atoms with Gasteiger partial charge in [0.2, 0.25) is 0 Å². The average Bonchev–Trinajstić information content (AvgIpc) is 2.66. The number of hydrogen-bond donors (Lipinski definition) is 1. The lowest BCUT2D eigenvalue weighted by Crippen LogP contribution is -2.46. The van der Waals surface area contributed by atoms with Crippen LogP contribution in [0.1, 0.15) is 31.2 Å². The van der Waals surface area contributed by atoms with Crippen molar-refractivity contribution in [3.05, 3.63) is 34.6 Å².